The van der Waals surface area contributed by atoms with Crippen molar-refractivity contribution in [3.8, 4) is 0 Å². The smallest absolute Gasteiger partial charge is 0.134 e. The maximum atomic E-state index is 13.3. The highest BCUT2D eigenvalue weighted by Gasteiger charge is 2.18. The van der Waals surface area contributed by atoms with Gasteiger partial charge in [0.1, 0.15) is 17.2 Å². The average Bonchev–Trinajstić information content (AvgIpc) is 2.84. The van der Waals surface area contributed by atoms with Gasteiger partial charge in [-0.1, -0.05) is 24.3 Å². The molecule has 1 N–H and O–H groups in total. The first-order chi connectivity index (χ1) is 9.69. The number of hydrogen-bond acceptors (Lipinski definition) is 2. The van der Waals surface area contributed by atoms with Gasteiger partial charge in [0, 0.05) is 5.39 Å². The molecule has 3 aromatic rings. The van der Waals surface area contributed by atoms with E-state index in [1.54, 1.807) is 6.07 Å². The monoisotopic (exact) mass is 269 g/mol. The summed E-state index contributed by atoms with van der Waals surface area (Å²) in [6.45, 7) is 2.07. The highest BCUT2D eigenvalue weighted by molar-refractivity contribution is 5.78. The zero-order valence-electron chi connectivity index (χ0n) is 11.5. The third-order valence-corrected chi connectivity index (χ3v) is 3.57. The molecule has 0 bridgehead atoms. The first kappa shape index (κ1) is 12.9. The van der Waals surface area contributed by atoms with Crippen LogP contribution in [0.3, 0.4) is 0 Å². The Bertz CT molecular complexity index is 748. The fraction of sp³-hybridized carbons (Fsp3) is 0.176. The van der Waals surface area contributed by atoms with Gasteiger partial charge in [-0.2, -0.15) is 0 Å². The van der Waals surface area contributed by atoms with Crippen molar-refractivity contribution in [2.45, 2.75) is 13.0 Å². The van der Waals surface area contributed by atoms with Crippen molar-refractivity contribution in [1.82, 2.24) is 5.32 Å². The van der Waals surface area contributed by atoms with Crippen LogP contribution in [0, 0.1) is 12.7 Å². The molecule has 0 saturated heterocycles. The molecule has 0 fully saturated rings. The van der Waals surface area contributed by atoms with Crippen LogP contribution in [-0.4, -0.2) is 7.05 Å². The van der Waals surface area contributed by atoms with Crippen LogP contribution in [0.25, 0.3) is 11.0 Å². The summed E-state index contributed by atoms with van der Waals surface area (Å²) in [5.74, 6) is 0.546. The molecule has 0 spiro atoms. The predicted molar refractivity (Wildman–Crippen MR) is 78.3 cm³/mol. The van der Waals surface area contributed by atoms with E-state index >= 15 is 0 Å². The number of hydrogen-bond donors (Lipinski definition) is 1. The summed E-state index contributed by atoms with van der Waals surface area (Å²) < 4.78 is 19.1. The second kappa shape index (κ2) is 5.10. The molecule has 20 heavy (non-hydrogen) atoms. The molecule has 1 heterocycles. The summed E-state index contributed by atoms with van der Waals surface area (Å²) in [6, 6.07) is 14.6. The SMILES string of the molecule is CNC(c1cc2cc(F)ccc2o1)c1ccccc1C. The lowest BCUT2D eigenvalue weighted by Crippen LogP contribution is -2.17. The van der Waals surface area contributed by atoms with Gasteiger partial charge in [-0.15, -0.1) is 0 Å². The number of furan rings is 1. The maximum Gasteiger partial charge on any atom is 0.134 e. The molecule has 102 valence electrons. The Balaban J connectivity index is 2.10. The molecule has 0 aliphatic carbocycles. The first-order valence-electron chi connectivity index (χ1n) is 6.61. The summed E-state index contributed by atoms with van der Waals surface area (Å²) in [5.41, 5.74) is 3.06. The average molecular weight is 269 g/mol. The summed E-state index contributed by atoms with van der Waals surface area (Å²) in [7, 11) is 1.89. The Morgan fingerprint density at radius 3 is 2.65 bits per heavy atom. The van der Waals surface area contributed by atoms with Crippen molar-refractivity contribution in [2.75, 3.05) is 7.05 Å². The largest absolute Gasteiger partial charge is 0.459 e. The molecule has 3 rings (SSSR count). The number of nitrogens with one attached hydrogen (secondary N) is 1. The molecule has 0 radical (unpaired) electrons. The van der Waals surface area contributed by atoms with Crippen LogP contribution >= 0.6 is 0 Å². The molecular formula is C17H16FNO. The van der Waals surface area contributed by atoms with Crippen LogP contribution in [0.15, 0.2) is 52.9 Å². The summed E-state index contributed by atoms with van der Waals surface area (Å²) in [5, 5.41) is 4.05. The van der Waals surface area contributed by atoms with Crippen molar-refractivity contribution < 1.29 is 8.81 Å². The van der Waals surface area contributed by atoms with E-state index in [0.29, 0.717) is 5.58 Å². The van der Waals surface area contributed by atoms with Gasteiger partial charge in [-0.25, -0.2) is 4.39 Å². The van der Waals surface area contributed by atoms with Gasteiger partial charge in [-0.05, 0) is 49.4 Å². The van der Waals surface area contributed by atoms with E-state index in [2.05, 4.69) is 24.4 Å². The maximum absolute atomic E-state index is 13.3. The van der Waals surface area contributed by atoms with E-state index in [1.165, 1.54) is 17.7 Å². The fourth-order valence-corrected chi connectivity index (χ4v) is 2.54. The summed E-state index contributed by atoms with van der Waals surface area (Å²) >= 11 is 0. The Labute approximate surface area is 117 Å². The summed E-state index contributed by atoms with van der Waals surface area (Å²) in [6.07, 6.45) is 0. The quantitative estimate of drug-likeness (QED) is 0.771. The van der Waals surface area contributed by atoms with E-state index in [0.717, 1.165) is 16.7 Å². The van der Waals surface area contributed by atoms with Crippen molar-refractivity contribution in [2.24, 2.45) is 0 Å². The number of benzene rings is 2. The minimum atomic E-state index is -0.248. The standard InChI is InChI=1S/C17H16FNO/c1-11-5-3-4-6-14(11)17(19-2)16-10-12-9-13(18)7-8-15(12)20-16/h3-10,17,19H,1-2H3. The van der Waals surface area contributed by atoms with Crippen molar-refractivity contribution >= 4 is 11.0 Å². The molecule has 0 saturated carbocycles. The molecule has 1 aromatic heterocycles. The Kier molecular flexibility index (Phi) is 3.28. The lowest BCUT2D eigenvalue weighted by atomic mass is 9.99. The Hall–Kier alpha value is -2.13. The second-order valence-electron chi connectivity index (χ2n) is 4.91. The molecule has 3 heteroatoms. The topological polar surface area (TPSA) is 25.2 Å². The lowest BCUT2D eigenvalue weighted by molar-refractivity contribution is 0.490. The summed E-state index contributed by atoms with van der Waals surface area (Å²) in [4.78, 5) is 0. The van der Waals surface area contributed by atoms with Gasteiger partial charge in [0.2, 0.25) is 0 Å². The highest BCUT2D eigenvalue weighted by Crippen LogP contribution is 2.29. The zero-order valence-corrected chi connectivity index (χ0v) is 11.5. The van der Waals surface area contributed by atoms with Crippen LogP contribution in [0.5, 0.6) is 0 Å². The predicted octanol–water partition coefficient (Wildman–Crippen LogP) is 4.19. The van der Waals surface area contributed by atoms with E-state index in [-0.39, 0.29) is 11.9 Å². The molecule has 1 unspecified atom stereocenters. The van der Waals surface area contributed by atoms with Crippen LogP contribution < -0.4 is 5.32 Å². The minimum Gasteiger partial charge on any atom is -0.459 e. The molecule has 2 nitrogen and oxygen atoms in total. The minimum absolute atomic E-state index is 0.0355. The van der Waals surface area contributed by atoms with Gasteiger partial charge in [0.25, 0.3) is 0 Å². The fourth-order valence-electron chi connectivity index (χ4n) is 2.54. The molecule has 0 aliphatic heterocycles. The van der Waals surface area contributed by atoms with Crippen LogP contribution in [0.4, 0.5) is 4.39 Å². The molecule has 2 aromatic carbocycles. The third-order valence-electron chi connectivity index (χ3n) is 3.57. The Morgan fingerprint density at radius 1 is 1.10 bits per heavy atom. The lowest BCUT2D eigenvalue weighted by Gasteiger charge is -2.16. The zero-order chi connectivity index (χ0) is 14.1. The van der Waals surface area contributed by atoms with Gasteiger partial charge in [-0.3, -0.25) is 0 Å². The van der Waals surface area contributed by atoms with Crippen LogP contribution in [0.2, 0.25) is 0 Å². The van der Waals surface area contributed by atoms with Gasteiger partial charge < -0.3 is 9.73 Å². The van der Waals surface area contributed by atoms with Crippen molar-refractivity contribution in [3.05, 3.63) is 71.2 Å². The molecule has 0 aliphatic rings. The van der Waals surface area contributed by atoms with E-state index in [1.807, 2.05) is 25.2 Å². The van der Waals surface area contributed by atoms with Gasteiger partial charge >= 0.3 is 0 Å². The van der Waals surface area contributed by atoms with Gasteiger partial charge in [0.15, 0.2) is 0 Å². The van der Waals surface area contributed by atoms with E-state index in [9.17, 15) is 4.39 Å². The van der Waals surface area contributed by atoms with E-state index < -0.39 is 0 Å². The second-order valence-corrected chi connectivity index (χ2v) is 4.91. The molecular weight excluding hydrogens is 253 g/mol. The number of rotatable bonds is 3. The van der Waals surface area contributed by atoms with Crippen molar-refractivity contribution in [3.63, 3.8) is 0 Å². The number of aryl methyl sites for hydroxylation is 1. The van der Waals surface area contributed by atoms with Crippen LogP contribution in [-0.2, 0) is 0 Å². The van der Waals surface area contributed by atoms with E-state index in [4.69, 9.17) is 4.42 Å². The van der Waals surface area contributed by atoms with Crippen LogP contribution in [0.1, 0.15) is 22.9 Å². The van der Waals surface area contributed by atoms with Gasteiger partial charge in [0.05, 0.1) is 6.04 Å². The first-order valence-corrected chi connectivity index (χ1v) is 6.61. The number of fused-ring (bicyclic) bond motifs is 1. The number of halogens is 1. The highest BCUT2D eigenvalue weighted by atomic mass is 19.1. The normalized spacial score (nSPS) is 12.8. The molecule has 0 amide bonds. The Morgan fingerprint density at radius 2 is 1.90 bits per heavy atom. The van der Waals surface area contributed by atoms with Crippen molar-refractivity contribution in [1.29, 1.82) is 0 Å². The molecule has 1 atom stereocenters. The third kappa shape index (κ3) is 2.21.